The highest BCUT2D eigenvalue weighted by Gasteiger charge is 2.43. The van der Waals surface area contributed by atoms with E-state index in [9.17, 15) is 13.2 Å². The van der Waals surface area contributed by atoms with Crippen LogP contribution in [-0.2, 0) is 14.8 Å². The third-order valence-electron chi connectivity index (χ3n) is 4.02. The summed E-state index contributed by atoms with van der Waals surface area (Å²) in [6.45, 7) is 1.83. The van der Waals surface area contributed by atoms with Crippen LogP contribution in [0.4, 0.5) is 0 Å². The highest BCUT2D eigenvalue weighted by atomic mass is 32.2. The molecule has 2 aliphatic rings. The summed E-state index contributed by atoms with van der Waals surface area (Å²) in [5.74, 6) is -0.190. The Labute approximate surface area is 123 Å². The average Bonchev–Trinajstić information content (AvgIpc) is 2.85. The highest BCUT2D eigenvalue weighted by Crippen LogP contribution is 2.32. The Morgan fingerprint density at radius 1 is 1.30 bits per heavy atom. The summed E-state index contributed by atoms with van der Waals surface area (Å²) in [5, 5.41) is 2.94. The number of nitrogens with zero attached hydrogens (tertiary/aromatic N) is 1. The molecule has 0 radical (unpaired) electrons. The predicted octanol–water partition coefficient (Wildman–Crippen LogP) is 1.49. The van der Waals surface area contributed by atoms with Gasteiger partial charge < -0.3 is 5.32 Å². The van der Waals surface area contributed by atoms with Crippen molar-refractivity contribution in [2.75, 3.05) is 6.54 Å². The summed E-state index contributed by atoms with van der Waals surface area (Å²) in [7, 11) is -3.55. The molecular formula is C13H18N2O3S2. The first kappa shape index (κ1) is 14.0. The maximum Gasteiger partial charge on any atom is 0.253 e. The van der Waals surface area contributed by atoms with Crippen molar-refractivity contribution in [2.45, 2.75) is 48.9 Å². The fourth-order valence-electron chi connectivity index (χ4n) is 3.07. The molecule has 1 amide bonds. The lowest BCUT2D eigenvalue weighted by Crippen LogP contribution is -2.62. The molecule has 110 valence electrons. The van der Waals surface area contributed by atoms with Gasteiger partial charge in [-0.05, 0) is 31.9 Å². The van der Waals surface area contributed by atoms with Crippen molar-refractivity contribution in [3.05, 3.63) is 17.0 Å². The van der Waals surface area contributed by atoms with Gasteiger partial charge in [-0.2, -0.15) is 4.31 Å². The molecule has 7 heteroatoms. The van der Waals surface area contributed by atoms with Gasteiger partial charge in [0.2, 0.25) is 5.91 Å². The van der Waals surface area contributed by atoms with Gasteiger partial charge in [-0.3, -0.25) is 4.79 Å². The van der Waals surface area contributed by atoms with E-state index in [2.05, 4.69) is 5.32 Å². The normalized spacial score (nSPS) is 27.9. The molecule has 2 heterocycles. The van der Waals surface area contributed by atoms with E-state index in [0.29, 0.717) is 4.21 Å². The van der Waals surface area contributed by atoms with Crippen LogP contribution in [0.3, 0.4) is 0 Å². The number of sulfonamides is 1. The van der Waals surface area contributed by atoms with Gasteiger partial charge >= 0.3 is 0 Å². The van der Waals surface area contributed by atoms with Crippen molar-refractivity contribution in [1.29, 1.82) is 0 Å². The number of hydrogen-bond acceptors (Lipinski definition) is 4. The maximum atomic E-state index is 12.8. The van der Waals surface area contributed by atoms with Crippen molar-refractivity contribution in [3.63, 3.8) is 0 Å². The summed E-state index contributed by atoms with van der Waals surface area (Å²) in [5.41, 5.74) is 0. The molecule has 1 aromatic heterocycles. The van der Waals surface area contributed by atoms with Crippen LogP contribution in [0.25, 0.3) is 0 Å². The first-order valence-electron chi connectivity index (χ1n) is 6.86. The molecule has 0 bridgehead atoms. The first-order valence-corrected chi connectivity index (χ1v) is 9.12. The van der Waals surface area contributed by atoms with Gasteiger partial charge in [0.15, 0.2) is 0 Å². The molecule has 0 aromatic carbocycles. The van der Waals surface area contributed by atoms with Crippen LogP contribution in [0.5, 0.6) is 0 Å². The van der Waals surface area contributed by atoms with Crippen LogP contribution in [0.2, 0.25) is 0 Å². The Bertz CT molecular complexity index is 623. The standard InChI is InChI=1S/C13H18N2O3S2/c1-9-6-7-13(19-9)20(17,18)15-8-12(16)14-10-4-2-3-5-11(10)15/h6-7,10-11H,2-5,8H2,1H3,(H,14,16)/t10-,11+/m1/s1. The molecule has 2 atom stereocenters. The number of fused-ring (bicyclic) bond motifs is 1. The zero-order valence-electron chi connectivity index (χ0n) is 11.3. The van der Waals surface area contributed by atoms with E-state index >= 15 is 0 Å². The number of thiophene rings is 1. The molecule has 1 saturated carbocycles. The van der Waals surface area contributed by atoms with E-state index in [1.54, 1.807) is 12.1 Å². The summed E-state index contributed by atoms with van der Waals surface area (Å²) in [6, 6.07) is 3.33. The van der Waals surface area contributed by atoms with Gasteiger partial charge in [0.05, 0.1) is 6.54 Å². The van der Waals surface area contributed by atoms with Crippen LogP contribution >= 0.6 is 11.3 Å². The number of carbonyl (C=O) groups excluding carboxylic acids is 1. The maximum absolute atomic E-state index is 12.8. The molecule has 1 N–H and O–H groups in total. The molecule has 1 saturated heterocycles. The van der Waals surface area contributed by atoms with Gasteiger partial charge in [-0.25, -0.2) is 8.42 Å². The van der Waals surface area contributed by atoms with Crippen LogP contribution in [0.15, 0.2) is 16.3 Å². The number of amides is 1. The summed E-state index contributed by atoms with van der Waals surface area (Å²) < 4.78 is 27.3. The van der Waals surface area contributed by atoms with Crippen molar-refractivity contribution >= 4 is 27.3 Å². The number of hydrogen-bond donors (Lipinski definition) is 1. The van der Waals surface area contributed by atoms with Crippen molar-refractivity contribution < 1.29 is 13.2 Å². The Kier molecular flexibility index (Phi) is 3.60. The molecular weight excluding hydrogens is 296 g/mol. The molecule has 0 unspecified atom stereocenters. The minimum absolute atomic E-state index is 0.0270. The van der Waals surface area contributed by atoms with Gasteiger partial charge in [0.25, 0.3) is 10.0 Å². The monoisotopic (exact) mass is 314 g/mol. The van der Waals surface area contributed by atoms with Crippen molar-refractivity contribution in [3.8, 4) is 0 Å². The molecule has 2 fully saturated rings. The molecule has 5 nitrogen and oxygen atoms in total. The number of piperazine rings is 1. The van der Waals surface area contributed by atoms with Crippen molar-refractivity contribution in [1.82, 2.24) is 9.62 Å². The summed E-state index contributed by atoms with van der Waals surface area (Å²) in [6.07, 6.45) is 3.76. The minimum atomic E-state index is -3.55. The lowest BCUT2D eigenvalue weighted by molar-refractivity contribution is -0.125. The van der Waals surface area contributed by atoms with Gasteiger partial charge in [0.1, 0.15) is 4.21 Å². The van der Waals surface area contributed by atoms with Crippen LogP contribution in [0.1, 0.15) is 30.6 Å². The van der Waals surface area contributed by atoms with Crippen LogP contribution in [-0.4, -0.2) is 37.3 Å². The molecule has 20 heavy (non-hydrogen) atoms. The molecule has 0 spiro atoms. The van der Waals surface area contributed by atoms with Crippen molar-refractivity contribution in [2.24, 2.45) is 0 Å². The largest absolute Gasteiger partial charge is 0.351 e. The Morgan fingerprint density at radius 2 is 2.05 bits per heavy atom. The number of aryl methyl sites for hydroxylation is 1. The lowest BCUT2D eigenvalue weighted by Gasteiger charge is -2.42. The Morgan fingerprint density at radius 3 is 2.75 bits per heavy atom. The molecule has 1 aliphatic heterocycles. The van der Waals surface area contributed by atoms with Gasteiger partial charge in [-0.1, -0.05) is 12.8 Å². The minimum Gasteiger partial charge on any atom is -0.351 e. The third kappa shape index (κ3) is 2.38. The second-order valence-electron chi connectivity index (χ2n) is 5.44. The smallest absolute Gasteiger partial charge is 0.253 e. The molecule has 3 rings (SSSR count). The number of rotatable bonds is 2. The van der Waals surface area contributed by atoms with E-state index in [0.717, 1.165) is 30.6 Å². The third-order valence-corrected chi connectivity index (χ3v) is 7.36. The first-order chi connectivity index (χ1) is 9.48. The summed E-state index contributed by atoms with van der Waals surface area (Å²) >= 11 is 1.27. The zero-order valence-corrected chi connectivity index (χ0v) is 13.0. The SMILES string of the molecule is Cc1ccc(S(=O)(=O)N2CC(=O)N[C@@H]3CCCC[C@@H]32)s1. The van der Waals surface area contributed by atoms with E-state index in [4.69, 9.17) is 0 Å². The Balaban J connectivity index is 1.96. The number of carbonyl (C=O) groups is 1. The fraction of sp³-hybridized carbons (Fsp3) is 0.615. The van der Waals surface area contributed by atoms with E-state index in [1.807, 2.05) is 6.92 Å². The van der Waals surface area contributed by atoms with Crippen LogP contribution < -0.4 is 5.32 Å². The molecule has 1 aliphatic carbocycles. The zero-order chi connectivity index (χ0) is 14.3. The van der Waals surface area contributed by atoms with E-state index < -0.39 is 10.0 Å². The van der Waals surface area contributed by atoms with Gasteiger partial charge in [-0.15, -0.1) is 11.3 Å². The second-order valence-corrected chi connectivity index (χ2v) is 8.85. The fourth-order valence-corrected chi connectivity index (χ4v) is 6.12. The van der Waals surface area contributed by atoms with Gasteiger partial charge in [0, 0.05) is 17.0 Å². The summed E-state index contributed by atoms with van der Waals surface area (Å²) in [4.78, 5) is 12.8. The van der Waals surface area contributed by atoms with Crippen LogP contribution in [0, 0.1) is 6.92 Å². The number of nitrogens with one attached hydrogen (secondary N) is 1. The Hall–Kier alpha value is -0.920. The molecule has 1 aromatic rings. The second kappa shape index (κ2) is 5.13. The average molecular weight is 314 g/mol. The lowest BCUT2D eigenvalue weighted by atomic mass is 9.89. The predicted molar refractivity (Wildman–Crippen MR) is 77.1 cm³/mol. The topological polar surface area (TPSA) is 66.5 Å². The quantitative estimate of drug-likeness (QED) is 0.899. The van der Waals surface area contributed by atoms with E-state index in [1.165, 1.54) is 15.6 Å². The highest BCUT2D eigenvalue weighted by molar-refractivity contribution is 7.91. The van der Waals surface area contributed by atoms with E-state index in [-0.39, 0.29) is 24.5 Å².